The number of carbonyl (C=O) groups is 1. The first kappa shape index (κ1) is 15.4. The molecule has 0 N–H and O–H groups in total. The van der Waals surface area contributed by atoms with Crippen molar-refractivity contribution in [1.29, 1.82) is 0 Å². The van der Waals surface area contributed by atoms with E-state index < -0.39 is 0 Å². The lowest BCUT2D eigenvalue weighted by Gasteiger charge is -2.13. The van der Waals surface area contributed by atoms with Crippen LogP contribution >= 0.6 is 0 Å². The fourth-order valence-corrected chi connectivity index (χ4v) is 2.69. The Kier molecular flexibility index (Phi) is 7.26. The molecular weight excluding hydrogens is 222 g/mol. The summed E-state index contributed by atoms with van der Waals surface area (Å²) < 4.78 is 0. The predicted molar refractivity (Wildman–Crippen MR) is 77.7 cm³/mol. The summed E-state index contributed by atoms with van der Waals surface area (Å²) in [6.45, 7) is 3.15. The largest absolute Gasteiger partial charge is 0.309 e. The van der Waals surface area contributed by atoms with E-state index in [0.29, 0.717) is 5.78 Å². The molecule has 1 saturated carbocycles. The predicted octanol–water partition coefficient (Wildman–Crippen LogP) is 3.81. The van der Waals surface area contributed by atoms with Crippen LogP contribution in [0.4, 0.5) is 0 Å². The maximum absolute atomic E-state index is 12.1. The van der Waals surface area contributed by atoms with Crippen LogP contribution in [-0.2, 0) is 4.79 Å². The summed E-state index contributed by atoms with van der Waals surface area (Å²) in [6, 6.07) is 0. The molecule has 0 aliphatic heterocycles. The molecule has 1 fully saturated rings. The van der Waals surface area contributed by atoms with Gasteiger partial charge in [-0.15, -0.1) is 0 Å². The van der Waals surface area contributed by atoms with E-state index in [4.69, 9.17) is 0 Å². The summed E-state index contributed by atoms with van der Waals surface area (Å²) >= 11 is 0. The normalized spacial score (nSPS) is 22.3. The number of ketones is 1. The second kappa shape index (κ2) is 8.47. The molecule has 0 bridgehead atoms. The summed E-state index contributed by atoms with van der Waals surface area (Å²) in [5.41, 5.74) is 1.11. The molecule has 0 aromatic heterocycles. The highest BCUT2D eigenvalue weighted by Crippen LogP contribution is 2.27. The van der Waals surface area contributed by atoms with E-state index >= 15 is 0 Å². The van der Waals surface area contributed by atoms with Gasteiger partial charge in [-0.25, -0.2) is 0 Å². The van der Waals surface area contributed by atoms with E-state index in [0.717, 1.165) is 31.4 Å². The summed E-state index contributed by atoms with van der Waals surface area (Å²) in [4.78, 5) is 14.2. The second-order valence-electron chi connectivity index (χ2n) is 5.79. The van der Waals surface area contributed by atoms with Crippen LogP contribution in [0, 0.1) is 5.92 Å². The van der Waals surface area contributed by atoms with Gasteiger partial charge in [-0.05, 0) is 45.4 Å². The molecule has 0 radical (unpaired) electrons. The van der Waals surface area contributed by atoms with Gasteiger partial charge in [0.15, 0.2) is 5.78 Å². The van der Waals surface area contributed by atoms with E-state index in [9.17, 15) is 4.79 Å². The van der Waals surface area contributed by atoms with Gasteiger partial charge in [0.2, 0.25) is 0 Å². The smallest absolute Gasteiger partial charge is 0.162 e. The molecule has 2 nitrogen and oxygen atoms in total. The average Bonchev–Trinajstić information content (AvgIpc) is 2.65. The van der Waals surface area contributed by atoms with Gasteiger partial charge in [0.05, 0.1) is 0 Å². The molecular formula is C16H29NO. The highest BCUT2D eigenvalue weighted by atomic mass is 16.1. The zero-order valence-electron chi connectivity index (χ0n) is 12.4. The minimum absolute atomic E-state index is 0.256. The van der Waals surface area contributed by atoms with Crippen molar-refractivity contribution in [2.24, 2.45) is 5.92 Å². The average molecular weight is 251 g/mol. The summed E-state index contributed by atoms with van der Waals surface area (Å²) in [6.07, 6.45) is 11.9. The lowest BCUT2D eigenvalue weighted by molar-refractivity contribution is -0.118. The molecule has 1 aliphatic rings. The van der Waals surface area contributed by atoms with Gasteiger partial charge in [0.1, 0.15) is 0 Å². The SMILES string of the molecule is CCCCCCC/C=C1/CCC(CN(C)C)C1=O. The summed E-state index contributed by atoms with van der Waals surface area (Å²) in [5.74, 6) is 0.670. The van der Waals surface area contributed by atoms with E-state index in [-0.39, 0.29) is 5.92 Å². The third-order valence-corrected chi connectivity index (χ3v) is 3.73. The van der Waals surface area contributed by atoms with E-state index in [2.05, 4.69) is 17.9 Å². The van der Waals surface area contributed by atoms with Crippen LogP contribution in [0.25, 0.3) is 0 Å². The molecule has 0 spiro atoms. The maximum Gasteiger partial charge on any atom is 0.162 e. The Bertz CT molecular complexity index is 281. The molecule has 104 valence electrons. The third-order valence-electron chi connectivity index (χ3n) is 3.73. The standard InChI is InChI=1S/C16H29NO/c1-4-5-6-7-8-9-10-14-11-12-15(16(14)18)13-17(2)3/h10,15H,4-9,11-13H2,1-3H3/b14-10-. The number of nitrogens with zero attached hydrogens (tertiary/aromatic N) is 1. The second-order valence-corrected chi connectivity index (χ2v) is 5.79. The molecule has 0 aromatic carbocycles. The third kappa shape index (κ3) is 5.34. The van der Waals surface area contributed by atoms with Crippen molar-refractivity contribution < 1.29 is 4.79 Å². The molecule has 2 heteroatoms. The van der Waals surface area contributed by atoms with Gasteiger partial charge in [-0.1, -0.05) is 38.7 Å². The van der Waals surface area contributed by atoms with Crippen molar-refractivity contribution in [1.82, 2.24) is 4.90 Å². The lowest BCUT2D eigenvalue weighted by Crippen LogP contribution is -2.24. The molecule has 1 aliphatic carbocycles. The Balaban J connectivity index is 2.24. The Morgan fingerprint density at radius 2 is 1.94 bits per heavy atom. The Morgan fingerprint density at radius 1 is 1.22 bits per heavy atom. The van der Waals surface area contributed by atoms with Crippen molar-refractivity contribution in [2.45, 2.75) is 58.3 Å². The molecule has 0 aromatic rings. The highest BCUT2D eigenvalue weighted by molar-refractivity contribution is 5.99. The first-order valence-corrected chi connectivity index (χ1v) is 7.53. The van der Waals surface area contributed by atoms with Crippen LogP contribution in [0.15, 0.2) is 11.6 Å². The number of Topliss-reactive ketones (excluding diaryl/α,β-unsaturated/α-hetero) is 1. The summed E-state index contributed by atoms with van der Waals surface area (Å²) in [5, 5.41) is 0. The molecule has 1 rings (SSSR count). The van der Waals surface area contributed by atoms with Gasteiger partial charge >= 0.3 is 0 Å². The number of hydrogen-bond acceptors (Lipinski definition) is 2. The number of hydrogen-bond donors (Lipinski definition) is 0. The summed E-state index contributed by atoms with van der Waals surface area (Å²) in [7, 11) is 4.09. The fourth-order valence-electron chi connectivity index (χ4n) is 2.69. The molecule has 0 amide bonds. The van der Waals surface area contributed by atoms with Crippen molar-refractivity contribution >= 4 is 5.78 Å². The first-order valence-electron chi connectivity index (χ1n) is 7.53. The zero-order chi connectivity index (χ0) is 13.4. The van der Waals surface area contributed by atoms with Gasteiger partial charge in [-0.3, -0.25) is 4.79 Å². The van der Waals surface area contributed by atoms with Crippen LogP contribution in [0.3, 0.4) is 0 Å². The van der Waals surface area contributed by atoms with E-state index in [1.165, 1.54) is 32.1 Å². The van der Waals surface area contributed by atoms with Crippen molar-refractivity contribution in [3.05, 3.63) is 11.6 Å². The molecule has 1 unspecified atom stereocenters. The number of carbonyl (C=O) groups excluding carboxylic acids is 1. The lowest BCUT2D eigenvalue weighted by atomic mass is 10.0. The fraction of sp³-hybridized carbons (Fsp3) is 0.812. The van der Waals surface area contributed by atoms with Gasteiger partial charge in [0, 0.05) is 12.5 Å². The molecule has 18 heavy (non-hydrogen) atoms. The van der Waals surface area contributed by atoms with Crippen molar-refractivity contribution in [3.63, 3.8) is 0 Å². The van der Waals surface area contributed by atoms with Gasteiger partial charge in [0.25, 0.3) is 0 Å². The van der Waals surface area contributed by atoms with Crippen LogP contribution in [0.1, 0.15) is 58.3 Å². The van der Waals surface area contributed by atoms with Crippen molar-refractivity contribution in [3.8, 4) is 0 Å². The van der Waals surface area contributed by atoms with Crippen LogP contribution in [0.5, 0.6) is 0 Å². The maximum atomic E-state index is 12.1. The topological polar surface area (TPSA) is 20.3 Å². The van der Waals surface area contributed by atoms with Gasteiger partial charge < -0.3 is 4.90 Å². The Hall–Kier alpha value is -0.630. The van der Waals surface area contributed by atoms with Crippen molar-refractivity contribution in [2.75, 3.05) is 20.6 Å². The Labute approximate surface area is 112 Å². The number of rotatable bonds is 8. The minimum atomic E-state index is 0.256. The van der Waals surface area contributed by atoms with Crippen LogP contribution < -0.4 is 0 Å². The van der Waals surface area contributed by atoms with Crippen LogP contribution in [0.2, 0.25) is 0 Å². The van der Waals surface area contributed by atoms with E-state index in [1.807, 2.05) is 14.1 Å². The molecule has 1 atom stereocenters. The molecule has 0 heterocycles. The zero-order valence-corrected chi connectivity index (χ0v) is 12.4. The number of unbranched alkanes of at least 4 members (excludes halogenated alkanes) is 5. The Morgan fingerprint density at radius 3 is 2.61 bits per heavy atom. The monoisotopic (exact) mass is 251 g/mol. The van der Waals surface area contributed by atoms with E-state index in [1.54, 1.807) is 0 Å². The van der Waals surface area contributed by atoms with Crippen LogP contribution in [-0.4, -0.2) is 31.3 Å². The highest BCUT2D eigenvalue weighted by Gasteiger charge is 2.28. The number of allylic oxidation sites excluding steroid dienone is 2. The minimum Gasteiger partial charge on any atom is -0.309 e. The first-order chi connectivity index (χ1) is 8.65. The molecule has 0 saturated heterocycles. The quantitative estimate of drug-likeness (QED) is 0.483. The van der Waals surface area contributed by atoms with Gasteiger partial charge in [-0.2, -0.15) is 0 Å².